The molecule has 0 aliphatic heterocycles. The highest BCUT2D eigenvalue weighted by Gasteiger charge is 2.23. The Morgan fingerprint density at radius 3 is 2.86 bits per heavy atom. The molecule has 0 radical (unpaired) electrons. The fourth-order valence-corrected chi connectivity index (χ4v) is 2.32. The number of nitrogens with one attached hydrogen (secondary N) is 2. The quantitative estimate of drug-likeness (QED) is 0.774. The van der Waals surface area contributed by atoms with Crippen LogP contribution in [0.15, 0.2) is 18.2 Å². The van der Waals surface area contributed by atoms with Gasteiger partial charge in [0.2, 0.25) is 5.91 Å². The van der Waals surface area contributed by atoms with E-state index in [2.05, 4.69) is 36.6 Å². The Kier molecular flexibility index (Phi) is 5.62. The van der Waals surface area contributed by atoms with Gasteiger partial charge in [0.1, 0.15) is 5.75 Å². The summed E-state index contributed by atoms with van der Waals surface area (Å²) in [6, 6.07) is 6.90. The van der Waals surface area contributed by atoms with Crippen molar-refractivity contribution in [2.24, 2.45) is 0 Å². The first-order chi connectivity index (χ1) is 10.1. The van der Waals surface area contributed by atoms with E-state index in [-0.39, 0.29) is 11.9 Å². The van der Waals surface area contributed by atoms with Crippen LogP contribution in [0.4, 0.5) is 0 Å². The second-order valence-electron chi connectivity index (χ2n) is 5.76. The van der Waals surface area contributed by atoms with Crippen molar-refractivity contribution >= 4 is 5.91 Å². The molecule has 116 valence electrons. The minimum atomic E-state index is 0.0893. The molecule has 0 spiro atoms. The van der Waals surface area contributed by atoms with Gasteiger partial charge < -0.3 is 15.4 Å². The van der Waals surface area contributed by atoms with Crippen LogP contribution in [0.25, 0.3) is 0 Å². The summed E-state index contributed by atoms with van der Waals surface area (Å²) in [7, 11) is 0. The molecule has 4 nitrogen and oxygen atoms in total. The van der Waals surface area contributed by atoms with E-state index >= 15 is 0 Å². The van der Waals surface area contributed by atoms with Crippen molar-refractivity contribution in [2.75, 3.05) is 13.2 Å². The first kappa shape index (κ1) is 15.8. The number of benzene rings is 1. The first-order valence-corrected chi connectivity index (χ1v) is 7.86. The van der Waals surface area contributed by atoms with E-state index < -0.39 is 0 Å². The molecule has 1 aromatic carbocycles. The highest BCUT2D eigenvalue weighted by Crippen LogP contribution is 2.26. The van der Waals surface area contributed by atoms with Crippen molar-refractivity contribution in [1.29, 1.82) is 0 Å². The maximum atomic E-state index is 11.7. The molecule has 0 saturated heterocycles. The largest absolute Gasteiger partial charge is 0.493 e. The van der Waals surface area contributed by atoms with Crippen LogP contribution in [-0.2, 0) is 4.79 Å². The molecule has 1 unspecified atom stereocenters. The Bertz CT molecular complexity index is 484. The molecule has 1 amide bonds. The predicted molar refractivity (Wildman–Crippen MR) is 84.5 cm³/mol. The van der Waals surface area contributed by atoms with Crippen LogP contribution in [0.2, 0.25) is 0 Å². The number of carbonyl (C=O) groups is 1. The molecule has 1 atom stereocenters. The topological polar surface area (TPSA) is 50.4 Å². The first-order valence-electron chi connectivity index (χ1n) is 7.86. The maximum Gasteiger partial charge on any atom is 0.223 e. The third-order valence-corrected chi connectivity index (χ3v) is 3.68. The fourth-order valence-electron chi connectivity index (χ4n) is 2.32. The molecule has 2 N–H and O–H groups in total. The van der Waals surface area contributed by atoms with Crippen LogP contribution in [-0.4, -0.2) is 25.1 Å². The Labute approximate surface area is 127 Å². The van der Waals surface area contributed by atoms with Gasteiger partial charge >= 0.3 is 0 Å². The van der Waals surface area contributed by atoms with Crippen LogP contribution < -0.4 is 15.4 Å². The summed E-state index contributed by atoms with van der Waals surface area (Å²) in [6.45, 7) is 7.61. The molecular weight excluding hydrogens is 264 g/mol. The Morgan fingerprint density at radius 2 is 2.19 bits per heavy atom. The SMILES string of the molecule is CCNC(C)c1ccc(C)cc1OCCC(=O)NC1CC1. The van der Waals surface area contributed by atoms with Crippen molar-refractivity contribution in [3.63, 3.8) is 0 Å². The van der Waals surface area contributed by atoms with Crippen molar-refractivity contribution in [2.45, 2.75) is 52.1 Å². The van der Waals surface area contributed by atoms with Gasteiger partial charge in [0, 0.05) is 17.6 Å². The van der Waals surface area contributed by atoms with E-state index in [4.69, 9.17) is 4.74 Å². The summed E-state index contributed by atoms with van der Waals surface area (Å²) >= 11 is 0. The Balaban J connectivity index is 1.90. The highest BCUT2D eigenvalue weighted by atomic mass is 16.5. The third kappa shape index (κ3) is 5.05. The van der Waals surface area contributed by atoms with Gasteiger partial charge in [0.25, 0.3) is 0 Å². The molecule has 0 bridgehead atoms. The van der Waals surface area contributed by atoms with Crippen LogP contribution in [0.1, 0.15) is 50.3 Å². The predicted octanol–water partition coefficient (Wildman–Crippen LogP) is 2.71. The van der Waals surface area contributed by atoms with E-state index in [0.717, 1.165) is 30.7 Å². The monoisotopic (exact) mass is 290 g/mol. The number of hydrogen-bond donors (Lipinski definition) is 2. The molecule has 4 heteroatoms. The minimum Gasteiger partial charge on any atom is -0.493 e. The molecule has 21 heavy (non-hydrogen) atoms. The maximum absolute atomic E-state index is 11.7. The number of carbonyl (C=O) groups excluding carboxylic acids is 1. The van der Waals surface area contributed by atoms with Crippen LogP contribution in [0.3, 0.4) is 0 Å². The highest BCUT2D eigenvalue weighted by molar-refractivity contribution is 5.76. The molecular formula is C17H26N2O2. The Hall–Kier alpha value is -1.55. The van der Waals surface area contributed by atoms with Gasteiger partial charge in [-0.2, -0.15) is 0 Å². The Morgan fingerprint density at radius 1 is 1.43 bits per heavy atom. The lowest BCUT2D eigenvalue weighted by atomic mass is 10.0. The van der Waals surface area contributed by atoms with Gasteiger partial charge in [-0.05, 0) is 44.9 Å². The van der Waals surface area contributed by atoms with Gasteiger partial charge in [-0.25, -0.2) is 0 Å². The zero-order valence-electron chi connectivity index (χ0n) is 13.2. The lowest BCUT2D eigenvalue weighted by molar-refractivity contribution is -0.121. The van der Waals surface area contributed by atoms with E-state index in [9.17, 15) is 4.79 Å². The molecule has 1 saturated carbocycles. The second-order valence-corrected chi connectivity index (χ2v) is 5.76. The van der Waals surface area contributed by atoms with Crippen molar-refractivity contribution < 1.29 is 9.53 Å². The molecule has 2 rings (SSSR count). The van der Waals surface area contributed by atoms with E-state index in [1.165, 1.54) is 5.56 Å². The molecule has 0 aromatic heterocycles. The van der Waals surface area contributed by atoms with Gasteiger partial charge in [-0.3, -0.25) is 4.79 Å². The summed E-state index contributed by atoms with van der Waals surface area (Å²) in [4.78, 5) is 11.7. The molecule has 1 aliphatic carbocycles. The minimum absolute atomic E-state index is 0.0893. The summed E-state index contributed by atoms with van der Waals surface area (Å²) < 4.78 is 5.86. The molecule has 0 heterocycles. The van der Waals surface area contributed by atoms with E-state index in [1.54, 1.807) is 0 Å². The summed E-state index contributed by atoms with van der Waals surface area (Å²) in [5.41, 5.74) is 2.31. The van der Waals surface area contributed by atoms with Crippen LogP contribution in [0, 0.1) is 6.92 Å². The average molecular weight is 290 g/mol. The fraction of sp³-hybridized carbons (Fsp3) is 0.588. The standard InChI is InChI=1S/C17H26N2O2/c1-4-18-13(3)15-8-5-12(2)11-16(15)21-10-9-17(20)19-14-6-7-14/h5,8,11,13-14,18H,4,6-7,9-10H2,1-3H3,(H,19,20). The molecule has 1 aromatic rings. The second kappa shape index (κ2) is 7.46. The van der Waals surface area contributed by atoms with Gasteiger partial charge in [-0.15, -0.1) is 0 Å². The average Bonchev–Trinajstić information content (AvgIpc) is 3.23. The van der Waals surface area contributed by atoms with Gasteiger partial charge in [-0.1, -0.05) is 19.1 Å². The van der Waals surface area contributed by atoms with Crippen LogP contribution >= 0.6 is 0 Å². The zero-order valence-corrected chi connectivity index (χ0v) is 13.2. The van der Waals surface area contributed by atoms with Crippen molar-refractivity contribution in [1.82, 2.24) is 10.6 Å². The molecule has 1 aliphatic rings. The van der Waals surface area contributed by atoms with E-state index in [1.807, 2.05) is 13.0 Å². The zero-order chi connectivity index (χ0) is 15.2. The number of amides is 1. The smallest absolute Gasteiger partial charge is 0.223 e. The molecule has 1 fully saturated rings. The number of rotatable bonds is 8. The summed E-state index contributed by atoms with van der Waals surface area (Å²) in [5.74, 6) is 0.967. The summed E-state index contributed by atoms with van der Waals surface area (Å²) in [6.07, 6.45) is 2.66. The van der Waals surface area contributed by atoms with Gasteiger partial charge in [0.05, 0.1) is 13.0 Å². The van der Waals surface area contributed by atoms with Gasteiger partial charge in [0.15, 0.2) is 0 Å². The number of aryl methyl sites for hydroxylation is 1. The lowest BCUT2D eigenvalue weighted by Gasteiger charge is -2.18. The normalized spacial score (nSPS) is 15.6. The number of ether oxygens (including phenoxy) is 1. The third-order valence-electron chi connectivity index (χ3n) is 3.68. The summed E-state index contributed by atoms with van der Waals surface area (Å²) in [5, 5.41) is 6.37. The van der Waals surface area contributed by atoms with Crippen molar-refractivity contribution in [3.05, 3.63) is 29.3 Å². The number of hydrogen-bond acceptors (Lipinski definition) is 3. The lowest BCUT2D eigenvalue weighted by Crippen LogP contribution is -2.27. The van der Waals surface area contributed by atoms with E-state index in [0.29, 0.717) is 19.1 Å². The van der Waals surface area contributed by atoms with Crippen molar-refractivity contribution in [3.8, 4) is 5.75 Å². The van der Waals surface area contributed by atoms with Crippen LogP contribution in [0.5, 0.6) is 5.75 Å².